The zero-order valence-electron chi connectivity index (χ0n) is 14.4. The Hall–Kier alpha value is -2.41. The normalized spacial score (nSPS) is 10.8. The minimum atomic E-state index is -0.392. The van der Waals surface area contributed by atoms with E-state index in [0.29, 0.717) is 30.8 Å². The molecule has 0 aliphatic heterocycles. The number of hydrogen-bond acceptors (Lipinski definition) is 4. The number of benzene rings is 1. The van der Waals surface area contributed by atoms with Gasteiger partial charge >= 0.3 is 0 Å². The third-order valence-corrected chi connectivity index (χ3v) is 3.01. The Labute approximate surface area is 142 Å². The number of carbonyl (C=O) groups excluding carboxylic acids is 3. The number of anilines is 1. The molecule has 0 saturated carbocycles. The molecule has 3 amide bonds. The summed E-state index contributed by atoms with van der Waals surface area (Å²) in [6, 6.07) is 6.66. The van der Waals surface area contributed by atoms with E-state index in [0.717, 1.165) is 0 Å². The van der Waals surface area contributed by atoms with E-state index >= 15 is 0 Å². The molecule has 0 saturated heterocycles. The summed E-state index contributed by atoms with van der Waals surface area (Å²) in [6.07, 6.45) is 0.332. The number of rotatable bonds is 7. The lowest BCUT2D eigenvalue weighted by Gasteiger charge is -2.17. The first-order chi connectivity index (χ1) is 11.2. The molecule has 0 atom stereocenters. The molecule has 0 bridgehead atoms. The van der Waals surface area contributed by atoms with Crippen LogP contribution in [-0.2, 0) is 9.59 Å². The van der Waals surface area contributed by atoms with Crippen LogP contribution in [0.4, 0.5) is 5.69 Å². The lowest BCUT2D eigenvalue weighted by Crippen LogP contribution is -2.35. The molecular weight excluding hydrogens is 308 g/mol. The van der Waals surface area contributed by atoms with Gasteiger partial charge in [-0.25, -0.2) is 0 Å². The second-order valence-electron chi connectivity index (χ2n) is 6.65. The van der Waals surface area contributed by atoms with E-state index in [1.54, 1.807) is 24.3 Å². The fraction of sp³-hybridized carbons (Fsp3) is 0.471. The smallest absolute Gasteiger partial charge is 0.253 e. The summed E-state index contributed by atoms with van der Waals surface area (Å²) in [5, 5.41) is 7.87. The molecule has 24 heavy (non-hydrogen) atoms. The molecule has 0 fully saturated rings. The van der Waals surface area contributed by atoms with Gasteiger partial charge in [0.2, 0.25) is 11.8 Å². The zero-order chi connectivity index (χ0) is 18.2. The van der Waals surface area contributed by atoms with Crippen molar-refractivity contribution in [1.82, 2.24) is 10.6 Å². The predicted octanol–water partition coefficient (Wildman–Crippen LogP) is 0.866. The average Bonchev–Trinajstić information content (AvgIpc) is 2.49. The van der Waals surface area contributed by atoms with E-state index in [1.807, 2.05) is 20.8 Å². The fourth-order valence-electron chi connectivity index (χ4n) is 1.99. The van der Waals surface area contributed by atoms with Gasteiger partial charge in [-0.2, -0.15) is 0 Å². The summed E-state index contributed by atoms with van der Waals surface area (Å²) in [6.45, 7) is 6.38. The van der Waals surface area contributed by atoms with Gasteiger partial charge in [0, 0.05) is 19.5 Å². The molecule has 0 aliphatic carbocycles. The molecule has 0 unspecified atom stereocenters. The zero-order valence-corrected chi connectivity index (χ0v) is 14.4. The molecule has 7 heteroatoms. The highest BCUT2D eigenvalue weighted by atomic mass is 16.2. The van der Waals surface area contributed by atoms with Crippen molar-refractivity contribution in [2.24, 2.45) is 11.1 Å². The van der Waals surface area contributed by atoms with E-state index in [4.69, 9.17) is 5.73 Å². The molecule has 0 aromatic heterocycles. The first-order valence-electron chi connectivity index (χ1n) is 7.87. The highest BCUT2D eigenvalue weighted by Crippen LogP contribution is 2.18. The Kier molecular flexibility index (Phi) is 7.38. The van der Waals surface area contributed by atoms with E-state index in [1.165, 1.54) is 0 Å². The molecule has 5 N–H and O–H groups in total. The topological polar surface area (TPSA) is 113 Å². The minimum Gasteiger partial charge on any atom is -0.351 e. The molecule has 0 spiro atoms. The van der Waals surface area contributed by atoms with Crippen LogP contribution in [0.1, 0.15) is 37.6 Å². The molecule has 0 radical (unpaired) electrons. The Balaban J connectivity index is 2.61. The van der Waals surface area contributed by atoms with Crippen LogP contribution < -0.4 is 21.7 Å². The summed E-state index contributed by atoms with van der Waals surface area (Å²) in [5.74, 6) is -0.893. The molecular formula is C17H26N4O3. The number of hydrogen-bond donors (Lipinski definition) is 4. The predicted molar refractivity (Wildman–Crippen MR) is 93.5 cm³/mol. The molecule has 7 nitrogen and oxygen atoms in total. The Bertz CT molecular complexity index is 594. The van der Waals surface area contributed by atoms with E-state index < -0.39 is 5.91 Å². The molecule has 1 rings (SSSR count). The quantitative estimate of drug-likeness (QED) is 0.592. The van der Waals surface area contributed by atoms with Gasteiger partial charge in [-0.1, -0.05) is 32.9 Å². The van der Waals surface area contributed by atoms with Crippen LogP contribution >= 0.6 is 0 Å². The molecule has 0 heterocycles. The maximum absolute atomic E-state index is 12.0. The van der Waals surface area contributed by atoms with Gasteiger partial charge in [-0.3, -0.25) is 14.4 Å². The van der Waals surface area contributed by atoms with Crippen molar-refractivity contribution >= 4 is 23.4 Å². The maximum Gasteiger partial charge on any atom is 0.253 e. The summed E-state index contributed by atoms with van der Waals surface area (Å²) >= 11 is 0. The summed E-state index contributed by atoms with van der Waals surface area (Å²) in [7, 11) is 0. The third kappa shape index (κ3) is 7.23. The van der Waals surface area contributed by atoms with Crippen molar-refractivity contribution < 1.29 is 14.4 Å². The third-order valence-electron chi connectivity index (χ3n) is 3.01. The van der Waals surface area contributed by atoms with Gasteiger partial charge < -0.3 is 21.7 Å². The van der Waals surface area contributed by atoms with Crippen LogP contribution in [0.3, 0.4) is 0 Å². The van der Waals surface area contributed by atoms with Crippen molar-refractivity contribution in [3.05, 3.63) is 29.8 Å². The SMILES string of the molecule is CC(C)(C)CC(=O)NCC(=O)Nc1ccccc1C(=O)NCCN. The lowest BCUT2D eigenvalue weighted by molar-refractivity contribution is -0.125. The van der Waals surface area contributed by atoms with Crippen LogP contribution in [0.5, 0.6) is 0 Å². The average molecular weight is 334 g/mol. The largest absolute Gasteiger partial charge is 0.351 e. The number of para-hydroxylation sites is 1. The second-order valence-corrected chi connectivity index (χ2v) is 6.65. The lowest BCUT2D eigenvalue weighted by atomic mass is 9.92. The maximum atomic E-state index is 12.0. The van der Waals surface area contributed by atoms with E-state index in [9.17, 15) is 14.4 Å². The van der Waals surface area contributed by atoms with Crippen molar-refractivity contribution in [1.29, 1.82) is 0 Å². The van der Waals surface area contributed by atoms with Crippen LogP contribution in [0.25, 0.3) is 0 Å². The molecule has 1 aromatic rings. The summed E-state index contributed by atoms with van der Waals surface area (Å²) < 4.78 is 0. The number of nitrogens with one attached hydrogen (secondary N) is 3. The van der Waals surface area contributed by atoms with Gasteiger partial charge in [0.1, 0.15) is 0 Å². The van der Waals surface area contributed by atoms with Crippen molar-refractivity contribution in [2.45, 2.75) is 27.2 Å². The van der Waals surface area contributed by atoms with Crippen LogP contribution in [0, 0.1) is 5.41 Å². The Morgan fingerprint density at radius 3 is 2.33 bits per heavy atom. The first kappa shape index (κ1) is 19.6. The minimum absolute atomic E-state index is 0.145. The summed E-state index contributed by atoms with van der Waals surface area (Å²) in [4.78, 5) is 35.8. The van der Waals surface area contributed by atoms with Gasteiger partial charge in [0.05, 0.1) is 17.8 Å². The molecule has 132 valence electrons. The van der Waals surface area contributed by atoms with Gasteiger partial charge in [-0.15, -0.1) is 0 Å². The van der Waals surface area contributed by atoms with Gasteiger partial charge in [0.25, 0.3) is 5.91 Å². The molecule has 1 aromatic carbocycles. The standard InChI is InChI=1S/C17H26N4O3/c1-17(2,3)10-14(22)20-11-15(23)21-13-7-5-4-6-12(13)16(24)19-9-8-18/h4-7H,8-11,18H2,1-3H3,(H,19,24)(H,20,22)(H,21,23). The van der Waals surface area contributed by atoms with Crippen LogP contribution in [-0.4, -0.2) is 37.4 Å². The highest BCUT2D eigenvalue weighted by molar-refractivity contribution is 6.04. The van der Waals surface area contributed by atoms with Crippen molar-refractivity contribution in [3.8, 4) is 0 Å². The fourth-order valence-corrected chi connectivity index (χ4v) is 1.99. The first-order valence-corrected chi connectivity index (χ1v) is 7.87. The van der Waals surface area contributed by atoms with Crippen molar-refractivity contribution in [3.63, 3.8) is 0 Å². The van der Waals surface area contributed by atoms with Crippen LogP contribution in [0.15, 0.2) is 24.3 Å². The van der Waals surface area contributed by atoms with Crippen LogP contribution in [0.2, 0.25) is 0 Å². The Morgan fingerprint density at radius 2 is 1.71 bits per heavy atom. The molecule has 0 aliphatic rings. The second kappa shape index (κ2) is 9.02. The van der Waals surface area contributed by atoms with Gasteiger partial charge in [-0.05, 0) is 17.5 Å². The number of amides is 3. The summed E-state index contributed by atoms with van der Waals surface area (Å²) in [5.41, 5.74) is 5.95. The monoisotopic (exact) mass is 334 g/mol. The highest BCUT2D eigenvalue weighted by Gasteiger charge is 2.17. The van der Waals surface area contributed by atoms with E-state index in [2.05, 4.69) is 16.0 Å². The Morgan fingerprint density at radius 1 is 1.04 bits per heavy atom. The van der Waals surface area contributed by atoms with Gasteiger partial charge in [0.15, 0.2) is 0 Å². The number of nitrogens with two attached hydrogens (primary N) is 1. The van der Waals surface area contributed by atoms with E-state index in [-0.39, 0.29) is 23.8 Å². The number of carbonyl (C=O) groups is 3. The van der Waals surface area contributed by atoms with Crippen molar-refractivity contribution in [2.75, 3.05) is 25.0 Å².